The Morgan fingerprint density at radius 1 is 1.19 bits per heavy atom. The summed E-state index contributed by atoms with van der Waals surface area (Å²) >= 11 is 0. The van der Waals surface area contributed by atoms with Gasteiger partial charge in [0.25, 0.3) is 5.91 Å². The molecule has 138 valence electrons. The molecule has 0 bridgehead atoms. The maximum Gasteiger partial charge on any atom is 0.276 e. The average molecular weight is 356 g/mol. The van der Waals surface area contributed by atoms with Crippen molar-refractivity contribution < 1.29 is 14.3 Å². The minimum absolute atomic E-state index is 0.253. The minimum atomic E-state index is -0.345. The van der Waals surface area contributed by atoms with Crippen molar-refractivity contribution in [2.75, 3.05) is 37.5 Å². The molecular formula is C19H24N4O3. The van der Waals surface area contributed by atoms with Crippen molar-refractivity contribution in [2.45, 2.75) is 19.8 Å². The van der Waals surface area contributed by atoms with Crippen molar-refractivity contribution in [1.82, 2.24) is 10.2 Å². The Bertz CT molecular complexity index is 764. The molecule has 3 rings (SSSR count). The van der Waals surface area contributed by atoms with Gasteiger partial charge in [-0.1, -0.05) is 6.92 Å². The Kier molecular flexibility index (Phi) is 5.55. The number of ether oxygens (including phenoxy) is 2. The Morgan fingerprint density at radius 2 is 2.04 bits per heavy atom. The number of hydrogen-bond acceptors (Lipinski definition) is 6. The first-order valence-electron chi connectivity index (χ1n) is 8.72. The third-order valence-corrected chi connectivity index (χ3v) is 4.52. The van der Waals surface area contributed by atoms with E-state index in [1.807, 2.05) is 6.07 Å². The highest BCUT2D eigenvalue weighted by Crippen LogP contribution is 2.29. The van der Waals surface area contributed by atoms with Gasteiger partial charge in [-0.3, -0.25) is 4.79 Å². The number of carbonyl (C=O) groups is 1. The van der Waals surface area contributed by atoms with Gasteiger partial charge in [-0.25, -0.2) is 0 Å². The summed E-state index contributed by atoms with van der Waals surface area (Å²) in [5.41, 5.74) is 0.774. The fraction of sp³-hybridized carbons (Fsp3) is 0.421. The molecule has 1 atom stereocenters. The number of methoxy groups -OCH3 is 2. The molecule has 1 amide bonds. The van der Waals surface area contributed by atoms with Crippen molar-refractivity contribution in [3.63, 3.8) is 0 Å². The van der Waals surface area contributed by atoms with Crippen LogP contribution < -0.4 is 19.7 Å². The molecule has 7 heteroatoms. The Hall–Kier alpha value is -2.83. The fourth-order valence-corrected chi connectivity index (χ4v) is 3.11. The van der Waals surface area contributed by atoms with Crippen molar-refractivity contribution >= 4 is 17.4 Å². The highest BCUT2D eigenvalue weighted by Gasteiger charge is 2.19. The van der Waals surface area contributed by atoms with Crippen LogP contribution in [0.25, 0.3) is 0 Å². The van der Waals surface area contributed by atoms with Gasteiger partial charge in [-0.2, -0.15) is 0 Å². The number of nitrogens with one attached hydrogen (secondary N) is 1. The number of amides is 1. The lowest BCUT2D eigenvalue weighted by molar-refractivity contribution is 0.102. The number of hydrogen-bond donors (Lipinski definition) is 1. The molecule has 0 aliphatic carbocycles. The molecule has 2 aromatic rings. The minimum Gasteiger partial charge on any atom is -0.497 e. The summed E-state index contributed by atoms with van der Waals surface area (Å²) in [4.78, 5) is 14.7. The Morgan fingerprint density at radius 3 is 2.69 bits per heavy atom. The third-order valence-electron chi connectivity index (χ3n) is 4.52. The summed E-state index contributed by atoms with van der Waals surface area (Å²) in [5, 5.41) is 11.1. The number of benzene rings is 1. The van der Waals surface area contributed by atoms with Crippen LogP contribution in [-0.4, -0.2) is 43.4 Å². The highest BCUT2D eigenvalue weighted by atomic mass is 16.5. The topological polar surface area (TPSA) is 76.6 Å². The second-order valence-electron chi connectivity index (χ2n) is 6.49. The molecule has 1 aliphatic heterocycles. The predicted octanol–water partition coefficient (Wildman–Crippen LogP) is 2.98. The zero-order valence-corrected chi connectivity index (χ0v) is 15.4. The van der Waals surface area contributed by atoms with Gasteiger partial charge in [0.1, 0.15) is 11.5 Å². The zero-order valence-electron chi connectivity index (χ0n) is 15.4. The number of rotatable bonds is 5. The molecule has 1 saturated heterocycles. The molecule has 1 N–H and O–H groups in total. The van der Waals surface area contributed by atoms with E-state index in [0.29, 0.717) is 23.1 Å². The molecular weight excluding hydrogens is 332 g/mol. The highest BCUT2D eigenvalue weighted by molar-refractivity contribution is 6.03. The van der Waals surface area contributed by atoms with Gasteiger partial charge in [-0.05, 0) is 43.0 Å². The van der Waals surface area contributed by atoms with Crippen LogP contribution in [0.15, 0.2) is 30.3 Å². The molecule has 1 aliphatic rings. The SMILES string of the molecule is COc1ccc(OC)c(NC(=O)c2ccc(N3CCCC(C)C3)nn2)c1. The van der Waals surface area contributed by atoms with Crippen LogP contribution in [0.1, 0.15) is 30.3 Å². The van der Waals surface area contributed by atoms with Gasteiger partial charge in [0.05, 0.1) is 19.9 Å². The first kappa shape index (κ1) is 18.0. The van der Waals surface area contributed by atoms with Crippen LogP contribution >= 0.6 is 0 Å². The molecule has 1 fully saturated rings. The second kappa shape index (κ2) is 8.03. The quantitative estimate of drug-likeness (QED) is 0.887. The van der Waals surface area contributed by atoms with Gasteiger partial charge in [0.15, 0.2) is 11.5 Å². The number of aromatic nitrogens is 2. The smallest absolute Gasteiger partial charge is 0.276 e. The molecule has 0 spiro atoms. The standard InChI is InChI=1S/C19H24N4O3/c1-13-5-4-10-23(12-13)18-9-7-15(21-22-18)19(24)20-16-11-14(25-2)6-8-17(16)26-3/h6-9,11,13H,4-5,10,12H2,1-3H3,(H,20,24). The van der Waals surface area contributed by atoms with E-state index < -0.39 is 0 Å². The molecule has 26 heavy (non-hydrogen) atoms. The van der Waals surface area contributed by atoms with Gasteiger partial charge >= 0.3 is 0 Å². The molecule has 1 aromatic carbocycles. The van der Waals surface area contributed by atoms with Crippen LogP contribution in [0.3, 0.4) is 0 Å². The molecule has 1 aromatic heterocycles. The second-order valence-corrected chi connectivity index (χ2v) is 6.49. The summed E-state index contributed by atoms with van der Waals surface area (Å²) in [7, 11) is 3.12. The van der Waals surface area contributed by atoms with Crippen LogP contribution in [0.4, 0.5) is 11.5 Å². The van der Waals surface area contributed by atoms with Crippen LogP contribution in [0, 0.1) is 5.92 Å². The fourth-order valence-electron chi connectivity index (χ4n) is 3.11. The normalized spacial score (nSPS) is 16.9. The molecule has 2 heterocycles. The molecule has 7 nitrogen and oxygen atoms in total. The van der Waals surface area contributed by atoms with E-state index in [1.54, 1.807) is 38.5 Å². The number of nitrogens with zero attached hydrogens (tertiary/aromatic N) is 3. The largest absolute Gasteiger partial charge is 0.497 e. The lowest BCUT2D eigenvalue weighted by Gasteiger charge is -2.31. The maximum absolute atomic E-state index is 12.5. The summed E-state index contributed by atoms with van der Waals surface area (Å²) in [5.74, 6) is 2.29. The summed E-state index contributed by atoms with van der Waals surface area (Å²) < 4.78 is 10.5. The summed E-state index contributed by atoms with van der Waals surface area (Å²) in [6.45, 7) is 4.19. The molecule has 1 unspecified atom stereocenters. The van der Waals surface area contributed by atoms with Crippen molar-refractivity contribution in [1.29, 1.82) is 0 Å². The van der Waals surface area contributed by atoms with E-state index in [2.05, 4.69) is 27.3 Å². The van der Waals surface area contributed by atoms with E-state index in [1.165, 1.54) is 6.42 Å². The van der Waals surface area contributed by atoms with Crippen LogP contribution in [-0.2, 0) is 0 Å². The maximum atomic E-state index is 12.5. The van der Waals surface area contributed by atoms with Gasteiger partial charge in [-0.15, -0.1) is 10.2 Å². The Balaban J connectivity index is 1.72. The van der Waals surface area contributed by atoms with E-state index >= 15 is 0 Å². The lowest BCUT2D eigenvalue weighted by atomic mass is 10.0. The van der Waals surface area contributed by atoms with Crippen LogP contribution in [0.2, 0.25) is 0 Å². The first-order chi connectivity index (χ1) is 12.6. The predicted molar refractivity (Wildman–Crippen MR) is 100 cm³/mol. The zero-order chi connectivity index (χ0) is 18.5. The molecule has 0 radical (unpaired) electrons. The average Bonchev–Trinajstić information content (AvgIpc) is 2.68. The van der Waals surface area contributed by atoms with Crippen molar-refractivity contribution in [2.24, 2.45) is 5.92 Å². The van der Waals surface area contributed by atoms with Crippen molar-refractivity contribution in [3.05, 3.63) is 36.0 Å². The van der Waals surface area contributed by atoms with E-state index in [-0.39, 0.29) is 11.6 Å². The molecule has 0 saturated carbocycles. The van der Waals surface area contributed by atoms with Gasteiger partial charge in [0, 0.05) is 19.2 Å². The lowest BCUT2D eigenvalue weighted by Crippen LogP contribution is -2.35. The van der Waals surface area contributed by atoms with Crippen molar-refractivity contribution in [3.8, 4) is 11.5 Å². The number of piperidine rings is 1. The summed E-state index contributed by atoms with van der Waals surface area (Å²) in [6.07, 6.45) is 2.40. The van der Waals surface area contributed by atoms with E-state index in [4.69, 9.17) is 9.47 Å². The van der Waals surface area contributed by atoms with Gasteiger partial charge in [0.2, 0.25) is 0 Å². The van der Waals surface area contributed by atoms with E-state index in [0.717, 1.165) is 25.3 Å². The third kappa shape index (κ3) is 4.04. The monoisotopic (exact) mass is 356 g/mol. The Labute approximate surface area is 153 Å². The summed E-state index contributed by atoms with van der Waals surface area (Å²) in [6, 6.07) is 8.75. The number of anilines is 2. The van der Waals surface area contributed by atoms with Crippen LogP contribution in [0.5, 0.6) is 11.5 Å². The van der Waals surface area contributed by atoms with E-state index in [9.17, 15) is 4.79 Å². The number of carbonyl (C=O) groups excluding carboxylic acids is 1. The first-order valence-corrected chi connectivity index (χ1v) is 8.72. The van der Waals surface area contributed by atoms with Gasteiger partial charge < -0.3 is 19.7 Å².